The van der Waals surface area contributed by atoms with Gasteiger partial charge in [0.15, 0.2) is 5.82 Å². The molecule has 0 saturated carbocycles. The zero-order valence-electron chi connectivity index (χ0n) is 11.5. The average molecular weight is 351 g/mol. The van der Waals surface area contributed by atoms with Crippen molar-refractivity contribution in [2.24, 2.45) is 5.73 Å². The third-order valence-corrected chi connectivity index (χ3v) is 4.45. The van der Waals surface area contributed by atoms with Crippen LogP contribution in [0.15, 0.2) is 40.9 Å². The van der Waals surface area contributed by atoms with E-state index in [2.05, 4.69) is 15.9 Å². The summed E-state index contributed by atoms with van der Waals surface area (Å²) in [6, 6.07) is 11.4. The molecule has 2 N–H and O–H groups in total. The molecule has 1 aliphatic heterocycles. The van der Waals surface area contributed by atoms with Crippen molar-refractivity contribution in [2.45, 2.75) is 13.0 Å². The maximum atomic E-state index is 14.7. The Bertz CT molecular complexity index is 663. The molecule has 0 aromatic heterocycles. The summed E-state index contributed by atoms with van der Waals surface area (Å²) >= 11 is 3.30. The number of benzene rings is 2. The average Bonchev–Trinajstić information content (AvgIpc) is 2.72. The summed E-state index contributed by atoms with van der Waals surface area (Å²) in [4.78, 5) is 1.96. The first-order valence-electron chi connectivity index (χ1n) is 6.88. The van der Waals surface area contributed by atoms with Gasteiger partial charge in [-0.2, -0.15) is 0 Å². The first kappa shape index (κ1) is 14.4. The molecule has 110 valence electrons. The van der Waals surface area contributed by atoms with Crippen LogP contribution in [-0.2, 0) is 6.54 Å². The zero-order valence-corrected chi connectivity index (χ0v) is 13.1. The Labute approximate surface area is 131 Å². The fourth-order valence-electron chi connectivity index (χ4n) is 2.52. The standard InChI is InChI=1S/C16H16BrFN2O/c17-15-11(10-19)6-7-13(16(15)18)20-8-3-9-21-14-5-2-1-4-12(14)20/h1-2,4-7H,3,8-10,19H2. The molecule has 0 spiro atoms. The zero-order chi connectivity index (χ0) is 14.8. The van der Waals surface area contributed by atoms with Crippen LogP contribution < -0.4 is 15.4 Å². The summed E-state index contributed by atoms with van der Waals surface area (Å²) in [6.07, 6.45) is 0.838. The molecule has 0 radical (unpaired) electrons. The molecular weight excluding hydrogens is 335 g/mol. The molecule has 0 atom stereocenters. The number of nitrogens with two attached hydrogens (primary N) is 1. The normalized spacial score (nSPS) is 14.3. The van der Waals surface area contributed by atoms with Gasteiger partial charge in [0.1, 0.15) is 5.75 Å². The quantitative estimate of drug-likeness (QED) is 0.890. The van der Waals surface area contributed by atoms with Crippen molar-refractivity contribution in [1.82, 2.24) is 0 Å². The van der Waals surface area contributed by atoms with E-state index in [0.29, 0.717) is 29.9 Å². The van der Waals surface area contributed by atoms with Crippen molar-refractivity contribution < 1.29 is 9.13 Å². The number of rotatable bonds is 2. The third-order valence-electron chi connectivity index (χ3n) is 3.59. The molecule has 2 aromatic carbocycles. The van der Waals surface area contributed by atoms with Gasteiger partial charge in [0, 0.05) is 13.1 Å². The Morgan fingerprint density at radius 1 is 1.19 bits per heavy atom. The second-order valence-corrected chi connectivity index (χ2v) is 5.69. The van der Waals surface area contributed by atoms with E-state index >= 15 is 0 Å². The lowest BCUT2D eigenvalue weighted by molar-refractivity contribution is 0.322. The Hall–Kier alpha value is -1.59. The second kappa shape index (κ2) is 6.03. The molecule has 0 fully saturated rings. The molecule has 0 unspecified atom stereocenters. The van der Waals surface area contributed by atoms with Gasteiger partial charge in [-0.25, -0.2) is 4.39 Å². The highest BCUT2D eigenvalue weighted by molar-refractivity contribution is 9.10. The second-order valence-electron chi connectivity index (χ2n) is 4.90. The summed E-state index contributed by atoms with van der Waals surface area (Å²) in [7, 11) is 0. The molecule has 2 aromatic rings. The summed E-state index contributed by atoms with van der Waals surface area (Å²) in [6.45, 7) is 1.65. The lowest BCUT2D eigenvalue weighted by Gasteiger charge is -2.25. The SMILES string of the molecule is NCc1ccc(N2CCCOc3ccccc32)c(F)c1Br. The van der Waals surface area contributed by atoms with Crippen molar-refractivity contribution in [3.05, 3.63) is 52.3 Å². The van der Waals surface area contributed by atoms with Crippen LogP contribution in [0.4, 0.5) is 15.8 Å². The number of fused-ring (bicyclic) bond motifs is 1. The molecule has 0 bridgehead atoms. The predicted molar refractivity (Wildman–Crippen MR) is 85.6 cm³/mol. The van der Waals surface area contributed by atoms with E-state index in [1.807, 2.05) is 35.2 Å². The van der Waals surface area contributed by atoms with Crippen LogP contribution in [0.2, 0.25) is 0 Å². The van der Waals surface area contributed by atoms with Crippen LogP contribution >= 0.6 is 15.9 Å². The molecule has 0 aliphatic carbocycles. The number of nitrogens with zero attached hydrogens (tertiary/aromatic N) is 1. The van der Waals surface area contributed by atoms with Crippen molar-refractivity contribution in [3.63, 3.8) is 0 Å². The van der Waals surface area contributed by atoms with Crippen LogP contribution in [0.25, 0.3) is 0 Å². The summed E-state index contributed by atoms with van der Waals surface area (Å²) in [5.74, 6) is 0.503. The number of halogens is 2. The fraction of sp³-hybridized carbons (Fsp3) is 0.250. The molecule has 1 heterocycles. The van der Waals surface area contributed by atoms with Crippen LogP contribution in [-0.4, -0.2) is 13.2 Å². The minimum Gasteiger partial charge on any atom is -0.491 e. The van der Waals surface area contributed by atoms with E-state index in [9.17, 15) is 4.39 Å². The van der Waals surface area contributed by atoms with E-state index in [-0.39, 0.29) is 5.82 Å². The van der Waals surface area contributed by atoms with E-state index < -0.39 is 0 Å². The van der Waals surface area contributed by atoms with E-state index in [1.165, 1.54) is 0 Å². The van der Waals surface area contributed by atoms with Gasteiger partial charge in [-0.05, 0) is 46.1 Å². The van der Waals surface area contributed by atoms with Gasteiger partial charge in [0.2, 0.25) is 0 Å². The molecule has 3 nitrogen and oxygen atoms in total. The summed E-state index contributed by atoms with van der Waals surface area (Å²) in [5.41, 5.74) is 7.81. The van der Waals surface area contributed by atoms with Gasteiger partial charge in [0.05, 0.1) is 22.5 Å². The first-order chi connectivity index (χ1) is 10.2. The molecule has 1 aliphatic rings. The van der Waals surface area contributed by atoms with Crippen LogP contribution in [0.5, 0.6) is 5.75 Å². The molecule has 3 rings (SSSR count). The van der Waals surface area contributed by atoms with Gasteiger partial charge in [-0.3, -0.25) is 0 Å². The first-order valence-corrected chi connectivity index (χ1v) is 7.68. The number of hydrogen-bond donors (Lipinski definition) is 1. The minimum absolute atomic E-state index is 0.283. The largest absolute Gasteiger partial charge is 0.491 e. The summed E-state index contributed by atoms with van der Waals surface area (Å²) < 4.78 is 20.8. The molecule has 21 heavy (non-hydrogen) atoms. The molecule has 0 amide bonds. The highest BCUT2D eigenvalue weighted by Crippen LogP contribution is 2.39. The van der Waals surface area contributed by atoms with E-state index in [4.69, 9.17) is 10.5 Å². The van der Waals surface area contributed by atoms with Crippen LogP contribution in [0, 0.1) is 5.82 Å². The number of para-hydroxylation sites is 2. The van der Waals surface area contributed by atoms with Gasteiger partial charge in [0.25, 0.3) is 0 Å². The van der Waals surface area contributed by atoms with Gasteiger partial charge < -0.3 is 15.4 Å². The fourth-order valence-corrected chi connectivity index (χ4v) is 3.02. The lowest BCUT2D eigenvalue weighted by atomic mass is 10.1. The topological polar surface area (TPSA) is 38.5 Å². The molecule has 0 saturated heterocycles. The monoisotopic (exact) mass is 350 g/mol. The van der Waals surface area contributed by atoms with E-state index in [0.717, 1.165) is 23.4 Å². The smallest absolute Gasteiger partial charge is 0.161 e. The van der Waals surface area contributed by atoms with Gasteiger partial charge in [-0.1, -0.05) is 18.2 Å². The highest BCUT2D eigenvalue weighted by atomic mass is 79.9. The summed E-state index contributed by atoms with van der Waals surface area (Å²) in [5, 5.41) is 0. The number of anilines is 2. The minimum atomic E-state index is -0.283. The van der Waals surface area contributed by atoms with Crippen molar-refractivity contribution >= 4 is 27.3 Å². The maximum absolute atomic E-state index is 14.7. The highest BCUT2D eigenvalue weighted by Gasteiger charge is 2.22. The van der Waals surface area contributed by atoms with Crippen molar-refractivity contribution in [1.29, 1.82) is 0 Å². The van der Waals surface area contributed by atoms with Crippen LogP contribution in [0.1, 0.15) is 12.0 Å². The van der Waals surface area contributed by atoms with Crippen molar-refractivity contribution in [3.8, 4) is 5.75 Å². The Kier molecular flexibility index (Phi) is 4.12. The maximum Gasteiger partial charge on any atom is 0.161 e. The molecular formula is C16H16BrFN2O. The van der Waals surface area contributed by atoms with Gasteiger partial charge in [-0.15, -0.1) is 0 Å². The van der Waals surface area contributed by atoms with Crippen LogP contribution in [0.3, 0.4) is 0 Å². The Morgan fingerprint density at radius 3 is 2.81 bits per heavy atom. The third kappa shape index (κ3) is 2.63. The van der Waals surface area contributed by atoms with Gasteiger partial charge >= 0.3 is 0 Å². The lowest BCUT2D eigenvalue weighted by Crippen LogP contribution is -2.19. The Morgan fingerprint density at radius 2 is 2.00 bits per heavy atom. The molecule has 5 heteroatoms. The Balaban J connectivity index is 2.10. The predicted octanol–water partition coefficient (Wildman–Crippen LogP) is 3.97. The number of ether oxygens (including phenoxy) is 1. The number of hydrogen-bond acceptors (Lipinski definition) is 3. The van der Waals surface area contributed by atoms with Crippen molar-refractivity contribution in [2.75, 3.05) is 18.1 Å². The van der Waals surface area contributed by atoms with E-state index in [1.54, 1.807) is 6.07 Å².